The normalized spacial score (nSPS) is 14.0. The lowest BCUT2D eigenvalue weighted by Gasteiger charge is -2.25. The first-order valence-electron chi connectivity index (χ1n) is 9.07. The minimum Gasteiger partial charge on any atom is -0.271 e. The van der Waals surface area contributed by atoms with Crippen molar-refractivity contribution in [3.05, 3.63) is 59.1 Å². The van der Waals surface area contributed by atoms with Gasteiger partial charge in [-0.1, -0.05) is 35.9 Å². The Morgan fingerprint density at radius 1 is 1.11 bits per heavy atom. The maximum absolute atomic E-state index is 13.3. The summed E-state index contributed by atoms with van der Waals surface area (Å²) in [6.45, 7) is 1.33. The first kappa shape index (κ1) is 20.4. The molecule has 2 aromatic rings. The Morgan fingerprint density at radius 3 is 2.46 bits per heavy atom. The molecule has 0 aromatic heterocycles. The lowest BCUT2D eigenvalue weighted by atomic mass is 10.2. The van der Waals surface area contributed by atoms with Crippen molar-refractivity contribution >= 4 is 38.9 Å². The zero-order valence-electron chi connectivity index (χ0n) is 15.6. The summed E-state index contributed by atoms with van der Waals surface area (Å²) in [4.78, 5) is 12.6. The fourth-order valence-electron chi connectivity index (χ4n) is 3.09. The molecule has 0 atom stereocenters. The number of hydrogen-bond acceptors (Lipinski definition) is 4. The number of carbonyl (C=O) groups excluding carboxylic acids is 1. The summed E-state index contributed by atoms with van der Waals surface area (Å²) in [6.07, 6.45) is 3.84. The van der Waals surface area contributed by atoms with Gasteiger partial charge in [0.2, 0.25) is 0 Å². The second kappa shape index (κ2) is 8.75. The first-order valence-corrected chi connectivity index (χ1v) is 10.9. The van der Waals surface area contributed by atoms with E-state index in [1.54, 1.807) is 43.3 Å². The van der Waals surface area contributed by atoms with Crippen LogP contribution in [0.25, 0.3) is 0 Å². The predicted octanol–water partition coefficient (Wildman–Crippen LogP) is 3.89. The Labute approximate surface area is 170 Å². The quantitative estimate of drug-likeness (QED) is 0.721. The third-order valence-electron chi connectivity index (χ3n) is 4.65. The van der Waals surface area contributed by atoms with Gasteiger partial charge < -0.3 is 0 Å². The molecule has 1 saturated carbocycles. The van der Waals surface area contributed by atoms with E-state index in [0.29, 0.717) is 16.3 Å². The lowest BCUT2D eigenvalue weighted by Crippen LogP contribution is -2.40. The van der Waals surface area contributed by atoms with E-state index < -0.39 is 22.5 Å². The summed E-state index contributed by atoms with van der Waals surface area (Å²) in [5.41, 5.74) is 4.37. The first-order chi connectivity index (χ1) is 13.4. The Hall–Kier alpha value is -2.38. The Balaban J connectivity index is 1.94. The number of nitrogens with zero attached hydrogens (tertiary/aromatic N) is 2. The zero-order chi connectivity index (χ0) is 20.1. The van der Waals surface area contributed by atoms with Crippen molar-refractivity contribution in [2.24, 2.45) is 5.10 Å². The van der Waals surface area contributed by atoms with Crippen LogP contribution < -0.4 is 9.73 Å². The van der Waals surface area contributed by atoms with Gasteiger partial charge in [0.25, 0.3) is 15.9 Å². The number of anilines is 1. The van der Waals surface area contributed by atoms with Gasteiger partial charge in [-0.25, -0.2) is 13.8 Å². The van der Waals surface area contributed by atoms with Crippen LogP contribution in [0, 0.1) is 6.92 Å². The third kappa shape index (κ3) is 4.54. The fourth-order valence-corrected chi connectivity index (χ4v) is 4.76. The van der Waals surface area contributed by atoms with Crippen LogP contribution in [0.3, 0.4) is 0 Å². The molecule has 0 heterocycles. The molecule has 0 saturated heterocycles. The van der Waals surface area contributed by atoms with E-state index in [4.69, 9.17) is 11.6 Å². The molecule has 0 bridgehead atoms. The summed E-state index contributed by atoms with van der Waals surface area (Å²) in [5, 5.41) is 4.56. The molecular formula is C20H22ClN3O3S. The van der Waals surface area contributed by atoms with E-state index in [0.717, 1.165) is 35.7 Å². The van der Waals surface area contributed by atoms with E-state index in [1.807, 2.05) is 0 Å². The molecule has 1 N–H and O–H groups in total. The van der Waals surface area contributed by atoms with Crippen LogP contribution >= 0.6 is 11.6 Å². The monoisotopic (exact) mass is 419 g/mol. The van der Waals surface area contributed by atoms with Gasteiger partial charge in [-0.15, -0.1) is 0 Å². The molecule has 1 aliphatic carbocycles. The van der Waals surface area contributed by atoms with Crippen LogP contribution in [0.5, 0.6) is 0 Å². The van der Waals surface area contributed by atoms with Crippen LogP contribution in [-0.2, 0) is 14.8 Å². The molecule has 148 valence electrons. The van der Waals surface area contributed by atoms with E-state index in [1.165, 1.54) is 12.1 Å². The molecule has 0 unspecified atom stereocenters. The molecule has 6 nitrogen and oxygen atoms in total. The topological polar surface area (TPSA) is 78.8 Å². The van der Waals surface area contributed by atoms with Gasteiger partial charge in [0.1, 0.15) is 6.54 Å². The van der Waals surface area contributed by atoms with Crippen molar-refractivity contribution in [1.82, 2.24) is 5.43 Å². The molecule has 1 amide bonds. The number of rotatable bonds is 6. The van der Waals surface area contributed by atoms with Crippen LogP contribution in [-0.4, -0.2) is 26.6 Å². The van der Waals surface area contributed by atoms with Crippen LogP contribution in [0.1, 0.15) is 31.2 Å². The third-order valence-corrected chi connectivity index (χ3v) is 6.83. The second-order valence-corrected chi connectivity index (χ2v) is 8.90. The van der Waals surface area contributed by atoms with Crippen molar-refractivity contribution in [2.75, 3.05) is 10.8 Å². The molecule has 3 rings (SSSR count). The van der Waals surface area contributed by atoms with Crippen molar-refractivity contribution in [2.45, 2.75) is 37.5 Å². The van der Waals surface area contributed by atoms with Crippen molar-refractivity contribution in [3.8, 4) is 0 Å². The lowest BCUT2D eigenvalue weighted by molar-refractivity contribution is -0.119. The highest BCUT2D eigenvalue weighted by atomic mass is 35.5. The average Bonchev–Trinajstić information content (AvgIpc) is 3.21. The summed E-state index contributed by atoms with van der Waals surface area (Å²) >= 11 is 6.19. The van der Waals surface area contributed by atoms with E-state index in [9.17, 15) is 13.2 Å². The molecule has 2 aromatic carbocycles. The molecule has 1 fully saturated rings. The molecule has 8 heteroatoms. The van der Waals surface area contributed by atoms with Crippen molar-refractivity contribution in [1.29, 1.82) is 0 Å². The Bertz CT molecular complexity index is 983. The largest absolute Gasteiger partial charge is 0.271 e. The van der Waals surface area contributed by atoms with Crippen molar-refractivity contribution < 1.29 is 13.2 Å². The Kier molecular flexibility index (Phi) is 6.36. The van der Waals surface area contributed by atoms with Crippen LogP contribution in [0.4, 0.5) is 5.69 Å². The van der Waals surface area contributed by atoms with Crippen molar-refractivity contribution in [3.63, 3.8) is 0 Å². The van der Waals surface area contributed by atoms with Gasteiger partial charge in [-0.2, -0.15) is 5.10 Å². The Morgan fingerprint density at radius 2 is 1.79 bits per heavy atom. The molecule has 1 aliphatic rings. The average molecular weight is 420 g/mol. The standard InChI is InChI=1S/C20H22ClN3O3S/c1-15-18(21)12-7-13-19(15)24(28(26,27)17-10-3-2-4-11-17)14-20(25)23-22-16-8-5-6-9-16/h2-4,7,10-13H,5-6,8-9,14H2,1H3,(H,23,25). The molecular weight excluding hydrogens is 398 g/mol. The minimum atomic E-state index is -3.96. The van der Waals surface area contributed by atoms with E-state index >= 15 is 0 Å². The second-order valence-electron chi connectivity index (χ2n) is 6.63. The summed E-state index contributed by atoms with van der Waals surface area (Å²) in [6, 6.07) is 13.0. The molecule has 0 spiro atoms. The van der Waals surface area contributed by atoms with Gasteiger partial charge in [0.15, 0.2) is 0 Å². The van der Waals surface area contributed by atoms with E-state index in [-0.39, 0.29) is 4.90 Å². The van der Waals surface area contributed by atoms with Gasteiger partial charge in [0, 0.05) is 10.7 Å². The van der Waals surface area contributed by atoms with Gasteiger partial charge >= 0.3 is 0 Å². The van der Waals surface area contributed by atoms with Crippen LogP contribution in [0.15, 0.2) is 58.5 Å². The maximum Gasteiger partial charge on any atom is 0.264 e. The van der Waals surface area contributed by atoms with Gasteiger partial charge in [-0.05, 0) is 62.4 Å². The van der Waals surface area contributed by atoms with Crippen LogP contribution in [0.2, 0.25) is 5.02 Å². The highest BCUT2D eigenvalue weighted by Crippen LogP contribution is 2.30. The van der Waals surface area contributed by atoms with Gasteiger partial charge in [-0.3, -0.25) is 9.10 Å². The number of halogens is 1. The maximum atomic E-state index is 13.3. The molecule has 0 aliphatic heterocycles. The smallest absolute Gasteiger partial charge is 0.264 e. The number of hydrogen-bond donors (Lipinski definition) is 1. The number of amides is 1. The number of sulfonamides is 1. The highest BCUT2D eigenvalue weighted by molar-refractivity contribution is 7.92. The number of carbonyl (C=O) groups is 1. The summed E-state index contributed by atoms with van der Waals surface area (Å²) < 4.78 is 27.6. The SMILES string of the molecule is Cc1c(Cl)cccc1N(CC(=O)NN=C1CCCC1)S(=O)(=O)c1ccccc1. The zero-order valence-corrected chi connectivity index (χ0v) is 17.1. The summed E-state index contributed by atoms with van der Waals surface area (Å²) in [7, 11) is -3.96. The highest BCUT2D eigenvalue weighted by Gasteiger charge is 2.28. The fraction of sp³-hybridized carbons (Fsp3) is 0.300. The van der Waals surface area contributed by atoms with E-state index in [2.05, 4.69) is 10.5 Å². The molecule has 28 heavy (non-hydrogen) atoms. The number of hydrazone groups is 1. The minimum absolute atomic E-state index is 0.101. The van der Waals surface area contributed by atoms with Gasteiger partial charge in [0.05, 0.1) is 10.6 Å². The molecule has 0 radical (unpaired) electrons. The predicted molar refractivity (Wildman–Crippen MR) is 111 cm³/mol. The number of benzene rings is 2. The number of nitrogens with one attached hydrogen (secondary N) is 1. The summed E-state index contributed by atoms with van der Waals surface area (Å²) in [5.74, 6) is -0.502.